The topological polar surface area (TPSA) is 64.2 Å². The number of aryl methyl sites for hydroxylation is 3. The molecule has 0 saturated heterocycles. The van der Waals surface area contributed by atoms with Crippen LogP contribution in [0, 0.1) is 20.8 Å². The molecule has 6 heteroatoms. The summed E-state index contributed by atoms with van der Waals surface area (Å²) in [6.07, 6.45) is 0. The van der Waals surface area contributed by atoms with Crippen molar-refractivity contribution >= 4 is 23.2 Å². The van der Waals surface area contributed by atoms with Gasteiger partial charge in [-0.05, 0) is 38.0 Å². The van der Waals surface area contributed by atoms with E-state index < -0.39 is 11.5 Å². The van der Waals surface area contributed by atoms with Crippen molar-refractivity contribution in [3.63, 3.8) is 0 Å². The van der Waals surface area contributed by atoms with Gasteiger partial charge in [-0.25, -0.2) is 9.53 Å². The number of nitrogens with one attached hydrogen (secondary N) is 1. The highest BCUT2D eigenvalue weighted by Gasteiger charge is 2.21. The van der Waals surface area contributed by atoms with E-state index in [0.717, 1.165) is 11.1 Å². The van der Waals surface area contributed by atoms with Crippen LogP contribution in [0.15, 0.2) is 21.5 Å². The highest BCUT2D eigenvalue weighted by Crippen LogP contribution is 2.27. The van der Waals surface area contributed by atoms with E-state index in [0.29, 0.717) is 16.4 Å². The number of hydrogen-bond acceptors (Lipinski definition) is 3. The van der Waals surface area contributed by atoms with Crippen LogP contribution in [0.25, 0.3) is 0 Å². The molecule has 0 atom stereocenters. The Morgan fingerprint density at radius 3 is 2.45 bits per heavy atom. The van der Waals surface area contributed by atoms with Crippen molar-refractivity contribution < 1.29 is 9.32 Å². The molecule has 0 unspecified atom stereocenters. The Morgan fingerprint density at radius 1 is 1.30 bits per heavy atom. The van der Waals surface area contributed by atoms with E-state index in [1.807, 2.05) is 19.9 Å². The maximum atomic E-state index is 12.2. The number of halogens is 1. The molecule has 5 nitrogen and oxygen atoms in total. The molecule has 1 amide bonds. The summed E-state index contributed by atoms with van der Waals surface area (Å²) >= 11 is 6.13. The number of nitrogens with zero attached hydrogens (tertiary/aromatic N) is 1. The molecule has 1 aromatic carbocycles. The summed E-state index contributed by atoms with van der Waals surface area (Å²) < 4.78 is 6.12. The van der Waals surface area contributed by atoms with Crippen LogP contribution in [-0.4, -0.2) is 10.6 Å². The van der Waals surface area contributed by atoms with Crippen LogP contribution in [0.4, 0.5) is 5.69 Å². The summed E-state index contributed by atoms with van der Waals surface area (Å²) in [5.41, 5.74) is 2.13. The van der Waals surface area contributed by atoms with Gasteiger partial charge in [0.15, 0.2) is 0 Å². The van der Waals surface area contributed by atoms with Gasteiger partial charge in [0, 0.05) is 7.05 Å². The fourth-order valence-corrected chi connectivity index (χ4v) is 2.42. The molecule has 0 radical (unpaired) electrons. The Kier molecular flexibility index (Phi) is 3.72. The van der Waals surface area contributed by atoms with Gasteiger partial charge in [0.25, 0.3) is 5.91 Å². The summed E-state index contributed by atoms with van der Waals surface area (Å²) in [5.74, 6) is -0.522. The second kappa shape index (κ2) is 5.17. The fraction of sp³-hybridized carbons (Fsp3) is 0.286. The second-order valence-electron chi connectivity index (χ2n) is 4.73. The minimum absolute atomic E-state index is 0.0106. The van der Waals surface area contributed by atoms with Crippen molar-refractivity contribution in [2.75, 3.05) is 5.32 Å². The lowest BCUT2D eigenvalue weighted by Crippen LogP contribution is -2.20. The van der Waals surface area contributed by atoms with E-state index in [-0.39, 0.29) is 5.56 Å². The molecule has 0 aliphatic rings. The lowest BCUT2D eigenvalue weighted by molar-refractivity contribution is 0.102. The molecule has 0 fully saturated rings. The van der Waals surface area contributed by atoms with Crippen molar-refractivity contribution in [2.45, 2.75) is 20.8 Å². The van der Waals surface area contributed by atoms with Crippen molar-refractivity contribution in [1.29, 1.82) is 0 Å². The highest BCUT2D eigenvalue weighted by atomic mass is 35.5. The zero-order valence-corrected chi connectivity index (χ0v) is 12.5. The SMILES string of the molecule is Cc1cc(C)c(NC(=O)c2c(C)n(C)oc2=O)c(Cl)c1. The van der Waals surface area contributed by atoms with Gasteiger partial charge in [0.2, 0.25) is 0 Å². The Hall–Kier alpha value is -2.01. The molecule has 1 N–H and O–H groups in total. The van der Waals surface area contributed by atoms with E-state index in [2.05, 4.69) is 5.32 Å². The van der Waals surface area contributed by atoms with Gasteiger partial charge in [0.05, 0.1) is 16.4 Å². The molecule has 20 heavy (non-hydrogen) atoms. The molecule has 0 bridgehead atoms. The summed E-state index contributed by atoms with van der Waals surface area (Å²) in [7, 11) is 1.57. The van der Waals surface area contributed by atoms with Crippen LogP contribution in [0.3, 0.4) is 0 Å². The van der Waals surface area contributed by atoms with Gasteiger partial charge in [-0.3, -0.25) is 4.79 Å². The minimum atomic E-state index is -0.664. The Bertz CT molecular complexity index is 720. The summed E-state index contributed by atoms with van der Waals surface area (Å²) in [6.45, 7) is 5.40. The summed E-state index contributed by atoms with van der Waals surface area (Å²) in [6, 6.07) is 3.66. The monoisotopic (exact) mass is 294 g/mol. The molecule has 0 aliphatic heterocycles. The lowest BCUT2D eigenvalue weighted by atomic mass is 10.1. The number of rotatable bonds is 2. The van der Waals surface area contributed by atoms with E-state index in [1.165, 1.54) is 4.74 Å². The number of benzene rings is 1. The molecular formula is C14H15ClN2O3. The van der Waals surface area contributed by atoms with Crippen LogP contribution in [-0.2, 0) is 7.05 Å². The first-order valence-electron chi connectivity index (χ1n) is 6.06. The van der Waals surface area contributed by atoms with Crippen LogP contribution in [0.2, 0.25) is 5.02 Å². The van der Waals surface area contributed by atoms with Gasteiger partial charge >= 0.3 is 5.63 Å². The number of aromatic nitrogens is 1. The third-order valence-electron chi connectivity index (χ3n) is 3.16. The molecule has 2 rings (SSSR count). The largest absolute Gasteiger partial charge is 0.370 e. The number of carbonyl (C=O) groups excluding carboxylic acids is 1. The van der Waals surface area contributed by atoms with Crippen molar-refractivity contribution in [2.24, 2.45) is 7.05 Å². The van der Waals surface area contributed by atoms with Gasteiger partial charge in [-0.15, -0.1) is 0 Å². The number of hydrogen-bond donors (Lipinski definition) is 1. The maximum absolute atomic E-state index is 12.2. The Balaban J connectivity index is 2.40. The summed E-state index contributed by atoms with van der Waals surface area (Å²) in [4.78, 5) is 23.9. The molecular weight excluding hydrogens is 280 g/mol. The quantitative estimate of drug-likeness (QED) is 0.926. The molecule has 2 aromatic rings. The first kappa shape index (κ1) is 14.4. The molecule has 0 aliphatic carbocycles. The average molecular weight is 295 g/mol. The fourth-order valence-electron chi connectivity index (χ4n) is 2.05. The van der Waals surface area contributed by atoms with Gasteiger partial charge in [0.1, 0.15) is 5.56 Å². The molecule has 0 saturated carbocycles. The van der Waals surface area contributed by atoms with Gasteiger partial charge in [-0.2, -0.15) is 0 Å². The van der Waals surface area contributed by atoms with Crippen molar-refractivity contribution in [1.82, 2.24) is 4.74 Å². The maximum Gasteiger partial charge on any atom is 0.370 e. The van der Waals surface area contributed by atoms with Crippen LogP contribution < -0.4 is 10.9 Å². The average Bonchev–Trinajstić information content (AvgIpc) is 2.58. The van der Waals surface area contributed by atoms with Crippen molar-refractivity contribution in [3.8, 4) is 0 Å². The van der Waals surface area contributed by atoms with E-state index in [4.69, 9.17) is 16.1 Å². The molecule has 0 spiro atoms. The van der Waals surface area contributed by atoms with Crippen molar-refractivity contribution in [3.05, 3.63) is 50.0 Å². The standard InChI is InChI=1S/C14H15ClN2O3/c1-7-5-8(2)12(10(15)6-7)16-13(18)11-9(3)17(4)20-14(11)19/h5-6H,1-4H3,(H,16,18). The molecule has 1 heterocycles. The predicted octanol–water partition coefficient (Wildman–Crippen LogP) is 2.81. The normalized spacial score (nSPS) is 10.7. The highest BCUT2D eigenvalue weighted by molar-refractivity contribution is 6.34. The Morgan fingerprint density at radius 2 is 1.95 bits per heavy atom. The number of carbonyl (C=O) groups is 1. The lowest BCUT2D eigenvalue weighted by Gasteiger charge is -2.10. The zero-order valence-electron chi connectivity index (χ0n) is 11.7. The smallest absolute Gasteiger partial charge is 0.336 e. The van der Waals surface area contributed by atoms with E-state index in [1.54, 1.807) is 20.0 Å². The zero-order chi connectivity index (χ0) is 15.0. The van der Waals surface area contributed by atoms with Gasteiger partial charge < -0.3 is 9.84 Å². The third-order valence-corrected chi connectivity index (χ3v) is 3.45. The van der Waals surface area contributed by atoms with Crippen LogP contribution in [0.1, 0.15) is 27.2 Å². The predicted molar refractivity (Wildman–Crippen MR) is 77.6 cm³/mol. The first-order chi connectivity index (χ1) is 9.31. The number of anilines is 1. The molecule has 1 aromatic heterocycles. The third kappa shape index (κ3) is 2.49. The Labute approximate surface area is 121 Å². The van der Waals surface area contributed by atoms with E-state index >= 15 is 0 Å². The van der Waals surface area contributed by atoms with E-state index in [9.17, 15) is 9.59 Å². The summed E-state index contributed by atoms with van der Waals surface area (Å²) in [5, 5.41) is 3.11. The molecule has 106 valence electrons. The minimum Gasteiger partial charge on any atom is -0.336 e. The second-order valence-corrected chi connectivity index (χ2v) is 5.14. The van der Waals surface area contributed by atoms with Crippen LogP contribution >= 0.6 is 11.6 Å². The van der Waals surface area contributed by atoms with Crippen LogP contribution in [0.5, 0.6) is 0 Å². The first-order valence-corrected chi connectivity index (χ1v) is 6.44. The number of amides is 1. The van der Waals surface area contributed by atoms with Gasteiger partial charge in [-0.1, -0.05) is 17.7 Å².